The molecule has 1 nitrogen and oxygen atoms in total. The Balaban J connectivity index is 3.05. The van der Waals surface area contributed by atoms with Gasteiger partial charge in [0.25, 0.3) is 0 Å². The van der Waals surface area contributed by atoms with Crippen molar-refractivity contribution in [3.05, 3.63) is 48.4 Å². The van der Waals surface area contributed by atoms with E-state index in [9.17, 15) is 0 Å². The van der Waals surface area contributed by atoms with E-state index in [1.54, 1.807) is 0 Å². The van der Waals surface area contributed by atoms with E-state index in [2.05, 4.69) is 33.1 Å². The maximum absolute atomic E-state index is 4.05. The molecule has 0 bridgehead atoms. The van der Waals surface area contributed by atoms with Crippen molar-refractivity contribution in [2.75, 3.05) is 7.05 Å². The molecule has 0 fully saturated rings. The molecular weight excluding hydrogens is 158 g/mol. The predicted molar refractivity (Wildman–Crippen MR) is 58.1 cm³/mol. The minimum absolute atomic E-state index is 0.513. The van der Waals surface area contributed by atoms with E-state index in [4.69, 9.17) is 0 Å². The van der Waals surface area contributed by atoms with E-state index >= 15 is 0 Å². The Bertz CT molecular complexity index is 292. The van der Waals surface area contributed by atoms with Crippen LogP contribution in [0.4, 0.5) is 0 Å². The monoisotopic (exact) mass is 175 g/mol. The number of hydrogen-bond donors (Lipinski definition) is 0. The van der Waals surface area contributed by atoms with Gasteiger partial charge in [0, 0.05) is 18.9 Å². The van der Waals surface area contributed by atoms with Crippen LogP contribution < -0.4 is 0 Å². The average molecular weight is 175 g/mol. The molecule has 1 aliphatic rings. The van der Waals surface area contributed by atoms with Gasteiger partial charge in [0.1, 0.15) is 0 Å². The summed E-state index contributed by atoms with van der Waals surface area (Å²) in [5, 5.41) is 0. The van der Waals surface area contributed by atoms with Gasteiger partial charge in [-0.05, 0) is 23.1 Å². The molecule has 0 unspecified atom stereocenters. The van der Waals surface area contributed by atoms with Crippen molar-refractivity contribution in [3.63, 3.8) is 0 Å². The van der Waals surface area contributed by atoms with Crippen LogP contribution in [0, 0.1) is 5.92 Å². The summed E-state index contributed by atoms with van der Waals surface area (Å²) < 4.78 is 0. The standard InChI is InChI=1S/C12H17N/c1-6-11-7-12(9(2)3)10(4)13(5)8-11/h6-9H,1,4H2,2-3,5H3. The van der Waals surface area contributed by atoms with Crippen LogP contribution in [-0.2, 0) is 0 Å². The van der Waals surface area contributed by atoms with Gasteiger partial charge >= 0.3 is 0 Å². The van der Waals surface area contributed by atoms with Gasteiger partial charge in [0.05, 0.1) is 0 Å². The molecule has 0 atom stereocenters. The Morgan fingerprint density at radius 3 is 2.54 bits per heavy atom. The molecule has 13 heavy (non-hydrogen) atoms. The van der Waals surface area contributed by atoms with Crippen LogP contribution in [0.3, 0.4) is 0 Å². The first kappa shape index (κ1) is 9.85. The van der Waals surface area contributed by atoms with E-state index < -0.39 is 0 Å². The first-order valence-electron chi connectivity index (χ1n) is 4.54. The number of rotatable bonds is 2. The second-order valence-electron chi connectivity index (χ2n) is 3.65. The fourth-order valence-corrected chi connectivity index (χ4v) is 1.42. The molecule has 0 N–H and O–H groups in total. The average Bonchev–Trinajstić information content (AvgIpc) is 2.09. The van der Waals surface area contributed by atoms with Crippen LogP contribution in [-0.4, -0.2) is 11.9 Å². The topological polar surface area (TPSA) is 3.24 Å². The Morgan fingerprint density at radius 2 is 2.08 bits per heavy atom. The lowest BCUT2D eigenvalue weighted by Crippen LogP contribution is -2.17. The summed E-state index contributed by atoms with van der Waals surface area (Å²) in [5.41, 5.74) is 3.53. The zero-order valence-corrected chi connectivity index (χ0v) is 8.67. The SMILES string of the molecule is C=CC1=CN(C)C(=C)C(C(C)C)=C1. The zero-order chi connectivity index (χ0) is 10.0. The summed E-state index contributed by atoms with van der Waals surface area (Å²) >= 11 is 0. The molecule has 70 valence electrons. The normalized spacial score (nSPS) is 17.2. The number of allylic oxidation sites excluding steroid dienone is 4. The molecule has 0 aromatic heterocycles. The molecule has 0 aromatic carbocycles. The Morgan fingerprint density at radius 1 is 1.46 bits per heavy atom. The van der Waals surface area contributed by atoms with E-state index in [0.29, 0.717) is 5.92 Å². The summed E-state index contributed by atoms with van der Waals surface area (Å²) in [6, 6.07) is 0. The van der Waals surface area contributed by atoms with Gasteiger partial charge in [-0.3, -0.25) is 0 Å². The quantitative estimate of drug-likeness (QED) is 0.623. The molecule has 0 aliphatic carbocycles. The van der Waals surface area contributed by atoms with E-state index in [1.165, 1.54) is 5.57 Å². The summed E-state index contributed by atoms with van der Waals surface area (Å²) in [6.45, 7) is 12.2. The minimum atomic E-state index is 0.513. The van der Waals surface area contributed by atoms with Gasteiger partial charge in [0.2, 0.25) is 0 Å². The van der Waals surface area contributed by atoms with Gasteiger partial charge in [-0.2, -0.15) is 0 Å². The molecular formula is C12H17N. The van der Waals surface area contributed by atoms with Crippen molar-refractivity contribution < 1.29 is 0 Å². The largest absolute Gasteiger partial charge is 0.351 e. The summed E-state index contributed by atoms with van der Waals surface area (Å²) in [7, 11) is 2.02. The molecule has 0 saturated heterocycles. The highest BCUT2D eigenvalue weighted by atomic mass is 15.1. The van der Waals surface area contributed by atoms with Crippen LogP contribution in [0.1, 0.15) is 13.8 Å². The first-order valence-corrected chi connectivity index (χ1v) is 4.54. The van der Waals surface area contributed by atoms with Crippen LogP contribution in [0.15, 0.2) is 48.4 Å². The summed E-state index contributed by atoms with van der Waals surface area (Å²) in [6.07, 6.45) is 6.06. The Kier molecular flexibility index (Phi) is 2.76. The van der Waals surface area contributed by atoms with Crippen LogP contribution in [0.25, 0.3) is 0 Å². The molecule has 1 rings (SSSR count). The fraction of sp³-hybridized carbons (Fsp3) is 0.333. The lowest BCUT2D eigenvalue weighted by atomic mass is 9.95. The van der Waals surface area contributed by atoms with Crippen LogP contribution in [0.5, 0.6) is 0 Å². The second-order valence-corrected chi connectivity index (χ2v) is 3.65. The molecule has 0 spiro atoms. The highest BCUT2D eigenvalue weighted by molar-refractivity contribution is 5.44. The third-order valence-electron chi connectivity index (χ3n) is 2.28. The number of hydrogen-bond acceptors (Lipinski definition) is 1. The molecule has 0 amide bonds. The third kappa shape index (κ3) is 1.92. The molecule has 0 radical (unpaired) electrons. The van der Waals surface area contributed by atoms with Crippen molar-refractivity contribution >= 4 is 0 Å². The van der Waals surface area contributed by atoms with E-state index in [0.717, 1.165) is 11.3 Å². The first-order chi connectivity index (χ1) is 6.06. The minimum Gasteiger partial charge on any atom is -0.351 e. The van der Waals surface area contributed by atoms with Gasteiger partial charge in [-0.15, -0.1) is 0 Å². The highest BCUT2D eigenvalue weighted by Crippen LogP contribution is 2.27. The van der Waals surface area contributed by atoms with Crippen LogP contribution >= 0.6 is 0 Å². The smallest absolute Gasteiger partial charge is 0.0366 e. The van der Waals surface area contributed by atoms with Crippen molar-refractivity contribution in [2.24, 2.45) is 5.92 Å². The summed E-state index contributed by atoms with van der Waals surface area (Å²) in [4.78, 5) is 2.05. The lowest BCUT2D eigenvalue weighted by molar-refractivity contribution is 0.548. The molecule has 0 aromatic rings. The maximum Gasteiger partial charge on any atom is 0.0366 e. The Hall–Kier alpha value is -1.24. The summed E-state index contributed by atoms with van der Waals surface area (Å²) in [5.74, 6) is 0.513. The van der Waals surface area contributed by atoms with E-state index in [1.807, 2.05) is 24.2 Å². The van der Waals surface area contributed by atoms with E-state index in [-0.39, 0.29) is 0 Å². The zero-order valence-electron chi connectivity index (χ0n) is 8.67. The maximum atomic E-state index is 4.05. The van der Waals surface area contributed by atoms with Crippen molar-refractivity contribution in [2.45, 2.75) is 13.8 Å². The van der Waals surface area contributed by atoms with Crippen molar-refractivity contribution in [1.82, 2.24) is 4.90 Å². The highest BCUT2D eigenvalue weighted by Gasteiger charge is 2.14. The fourth-order valence-electron chi connectivity index (χ4n) is 1.42. The molecule has 1 aliphatic heterocycles. The van der Waals surface area contributed by atoms with Crippen molar-refractivity contribution in [1.29, 1.82) is 0 Å². The molecule has 1 heterocycles. The van der Waals surface area contributed by atoms with Gasteiger partial charge in [-0.25, -0.2) is 0 Å². The van der Waals surface area contributed by atoms with Gasteiger partial charge in [-0.1, -0.05) is 33.1 Å². The number of nitrogens with zero attached hydrogens (tertiary/aromatic N) is 1. The van der Waals surface area contributed by atoms with Gasteiger partial charge in [0.15, 0.2) is 0 Å². The number of likely N-dealkylation sites (N-methyl/N-ethyl adjacent to an activating group) is 1. The molecule has 1 heteroatoms. The second kappa shape index (κ2) is 3.65. The van der Waals surface area contributed by atoms with Crippen LogP contribution in [0.2, 0.25) is 0 Å². The van der Waals surface area contributed by atoms with Gasteiger partial charge < -0.3 is 4.90 Å². The van der Waals surface area contributed by atoms with Crippen molar-refractivity contribution in [3.8, 4) is 0 Å². The predicted octanol–water partition coefficient (Wildman–Crippen LogP) is 3.10. The third-order valence-corrected chi connectivity index (χ3v) is 2.28. The molecule has 0 saturated carbocycles. The Labute approximate surface area is 80.7 Å². The lowest BCUT2D eigenvalue weighted by Gasteiger charge is -2.27.